The zero-order chi connectivity index (χ0) is 20.9. The minimum Gasteiger partial charge on any atom is -0.497 e. The van der Waals surface area contributed by atoms with E-state index in [1.54, 1.807) is 7.11 Å². The number of hydrogen-bond acceptors (Lipinski definition) is 8. The third-order valence-electron chi connectivity index (χ3n) is 4.86. The van der Waals surface area contributed by atoms with Crippen molar-refractivity contribution in [1.29, 1.82) is 0 Å². The highest BCUT2D eigenvalue weighted by molar-refractivity contribution is 5.93. The lowest BCUT2D eigenvalue weighted by molar-refractivity contribution is 0.256. The summed E-state index contributed by atoms with van der Waals surface area (Å²) in [4.78, 5) is 16.0. The number of benzene rings is 2. The van der Waals surface area contributed by atoms with Crippen LogP contribution in [0.5, 0.6) is 11.5 Å². The van der Waals surface area contributed by atoms with Gasteiger partial charge in [0.05, 0.1) is 38.3 Å². The molecule has 4 rings (SSSR count). The normalized spacial score (nSPS) is 14.2. The maximum absolute atomic E-state index is 5.57. The Bertz CT molecular complexity index is 1050. The number of fused-ring (bicyclic) bond motifs is 1. The molecule has 0 fully saturated rings. The largest absolute Gasteiger partial charge is 0.497 e. The number of methoxy groups -OCH3 is 1. The molecule has 30 heavy (non-hydrogen) atoms. The van der Waals surface area contributed by atoms with Crippen LogP contribution >= 0.6 is 0 Å². The fourth-order valence-corrected chi connectivity index (χ4v) is 3.32. The van der Waals surface area contributed by atoms with Gasteiger partial charge >= 0.3 is 0 Å². The van der Waals surface area contributed by atoms with Crippen molar-refractivity contribution in [3.8, 4) is 11.5 Å². The Balaban J connectivity index is 1.40. The first-order valence-corrected chi connectivity index (χ1v) is 9.96. The van der Waals surface area contributed by atoms with Gasteiger partial charge in [-0.2, -0.15) is 0 Å². The predicted molar refractivity (Wildman–Crippen MR) is 118 cm³/mol. The summed E-state index contributed by atoms with van der Waals surface area (Å²) in [5.74, 6) is 2.89. The highest BCUT2D eigenvalue weighted by atomic mass is 16.5. The number of rotatable bonds is 6. The molecule has 2 heterocycles. The quantitative estimate of drug-likeness (QED) is 0.651. The van der Waals surface area contributed by atoms with Gasteiger partial charge < -0.3 is 14.8 Å². The Labute approximate surface area is 176 Å². The molecule has 0 amide bonds. The van der Waals surface area contributed by atoms with E-state index in [0.29, 0.717) is 31.9 Å². The number of hydrogen-bond donors (Lipinski definition) is 2. The van der Waals surface area contributed by atoms with Crippen LogP contribution in [-0.4, -0.2) is 47.9 Å². The van der Waals surface area contributed by atoms with Gasteiger partial charge in [-0.05, 0) is 49.7 Å². The van der Waals surface area contributed by atoms with Gasteiger partial charge in [0.1, 0.15) is 11.5 Å². The van der Waals surface area contributed by atoms with E-state index >= 15 is 0 Å². The van der Waals surface area contributed by atoms with Gasteiger partial charge in [-0.3, -0.25) is 10.2 Å². The minimum atomic E-state index is 0.527. The highest BCUT2D eigenvalue weighted by Crippen LogP contribution is 2.23. The van der Waals surface area contributed by atoms with Crippen molar-refractivity contribution in [3.05, 3.63) is 53.7 Å². The van der Waals surface area contributed by atoms with Crippen molar-refractivity contribution >= 4 is 22.8 Å². The fourth-order valence-electron chi connectivity index (χ4n) is 3.32. The van der Waals surface area contributed by atoms with Gasteiger partial charge in [0.25, 0.3) is 0 Å². The van der Waals surface area contributed by atoms with Gasteiger partial charge in [-0.15, -0.1) is 0 Å². The average molecular weight is 406 g/mol. The van der Waals surface area contributed by atoms with Gasteiger partial charge in [0, 0.05) is 11.9 Å². The Kier molecular flexibility index (Phi) is 5.94. The van der Waals surface area contributed by atoms with E-state index in [1.165, 1.54) is 5.56 Å². The maximum Gasteiger partial charge on any atom is 0.230 e. The van der Waals surface area contributed by atoms with Gasteiger partial charge in [0.15, 0.2) is 0 Å². The second-order valence-electron chi connectivity index (χ2n) is 7.03. The molecule has 156 valence electrons. The zero-order valence-electron chi connectivity index (χ0n) is 17.5. The predicted octanol–water partition coefficient (Wildman–Crippen LogP) is 3.13. The van der Waals surface area contributed by atoms with Crippen molar-refractivity contribution < 1.29 is 9.47 Å². The summed E-state index contributed by atoms with van der Waals surface area (Å²) in [5.41, 5.74) is 2.97. The van der Waals surface area contributed by atoms with Crippen molar-refractivity contribution in [3.63, 3.8) is 0 Å². The van der Waals surface area contributed by atoms with Crippen molar-refractivity contribution in [2.75, 3.05) is 32.4 Å². The molecule has 0 aliphatic carbocycles. The molecule has 2 aromatic carbocycles. The first-order chi connectivity index (χ1) is 14.6. The van der Waals surface area contributed by atoms with Gasteiger partial charge in [-0.1, -0.05) is 12.1 Å². The molecule has 0 unspecified atom stereocenters. The molecule has 0 atom stereocenters. The summed E-state index contributed by atoms with van der Waals surface area (Å²) in [7, 11) is 1.67. The summed E-state index contributed by atoms with van der Waals surface area (Å²) < 4.78 is 10.8. The van der Waals surface area contributed by atoms with E-state index in [2.05, 4.69) is 42.6 Å². The van der Waals surface area contributed by atoms with Crippen molar-refractivity contribution in [2.24, 2.45) is 4.99 Å². The van der Waals surface area contributed by atoms with Crippen molar-refractivity contribution in [2.45, 2.75) is 20.4 Å². The third-order valence-corrected chi connectivity index (χ3v) is 4.86. The minimum absolute atomic E-state index is 0.527. The molecule has 0 bridgehead atoms. The average Bonchev–Trinajstić information content (AvgIpc) is 2.76. The molecular formula is C22H26N6O2. The van der Waals surface area contributed by atoms with Crippen molar-refractivity contribution in [1.82, 2.24) is 20.2 Å². The van der Waals surface area contributed by atoms with Crippen LogP contribution in [-0.2, 0) is 6.54 Å². The Morgan fingerprint density at radius 3 is 2.60 bits per heavy atom. The van der Waals surface area contributed by atoms with Crippen LogP contribution in [0.25, 0.3) is 10.9 Å². The lowest BCUT2D eigenvalue weighted by Crippen LogP contribution is -2.45. The molecule has 1 aromatic heterocycles. The first kappa shape index (κ1) is 19.9. The second-order valence-corrected chi connectivity index (χ2v) is 7.03. The number of aromatic nitrogens is 2. The molecule has 1 aliphatic rings. The maximum atomic E-state index is 5.57. The van der Waals surface area contributed by atoms with Crippen LogP contribution in [0, 0.1) is 6.92 Å². The standard InChI is InChI=1S/C22H26N6O2/c1-4-30-18-9-10-20-19(11-18)15(2)25-22(26-20)27-21-23-13-28(14-24-21)12-16-5-7-17(29-3)8-6-16/h5-11H,4,12-14H2,1-3H3,(H2,23,24,25,26,27). The second kappa shape index (κ2) is 8.96. The number of ether oxygens (including phenoxy) is 2. The van der Waals surface area contributed by atoms with Crippen LogP contribution in [0.4, 0.5) is 5.95 Å². The molecule has 1 aliphatic heterocycles. The third kappa shape index (κ3) is 4.60. The summed E-state index contributed by atoms with van der Waals surface area (Å²) in [5, 5.41) is 7.47. The molecular weight excluding hydrogens is 380 g/mol. The van der Waals surface area contributed by atoms with Crippen LogP contribution < -0.4 is 20.1 Å². The van der Waals surface area contributed by atoms with E-state index in [4.69, 9.17) is 9.47 Å². The number of nitrogens with one attached hydrogen (secondary N) is 2. The Hall–Kier alpha value is -3.39. The fraction of sp³-hybridized carbons (Fsp3) is 0.318. The molecule has 8 nitrogen and oxygen atoms in total. The summed E-state index contributed by atoms with van der Waals surface area (Å²) in [6.07, 6.45) is 0. The Morgan fingerprint density at radius 2 is 1.90 bits per heavy atom. The lowest BCUT2D eigenvalue weighted by atomic mass is 10.2. The van der Waals surface area contributed by atoms with Crippen LogP contribution in [0.1, 0.15) is 18.2 Å². The van der Waals surface area contributed by atoms with Gasteiger partial charge in [0.2, 0.25) is 11.9 Å². The molecule has 3 aromatic rings. The number of nitrogens with zero attached hydrogens (tertiary/aromatic N) is 4. The van der Waals surface area contributed by atoms with Gasteiger partial charge in [-0.25, -0.2) is 15.0 Å². The van der Waals surface area contributed by atoms with Crippen LogP contribution in [0.2, 0.25) is 0 Å². The number of guanidine groups is 1. The zero-order valence-corrected chi connectivity index (χ0v) is 17.5. The van der Waals surface area contributed by atoms with Crippen LogP contribution in [0.3, 0.4) is 0 Å². The van der Waals surface area contributed by atoms with Crippen LogP contribution in [0.15, 0.2) is 47.5 Å². The van der Waals surface area contributed by atoms with E-state index in [-0.39, 0.29) is 0 Å². The Morgan fingerprint density at radius 1 is 1.10 bits per heavy atom. The smallest absolute Gasteiger partial charge is 0.230 e. The molecule has 8 heteroatoms. The molecule has 2 N–H and O–H groups in total. The summed E-state index contributed by atoms with van der Waals surface area (Å²) >= 11 is 0. The van der Waals surface area contributed by atoms with E-state index in [1.807, 2.05) is 44.2 Å². The summed E-state index contributed by atoms with van der Waals surface area (Å²) in [6, 6.07) is 13.9. The number of aryl methyl sites for hydroxylation is 1. The number of aliphatic imine (C=N–C) groups is 1. The number of anilines is 1. The SMILES string of the molecule is CCOc1ccc2nc(NC3=NCN(Cc4ccc(OC)cc4)CN3)nc(C)c2c1. The van der Waals surface area contributed by atoms with E-state index in [9.17, 15) is 0 Å². The molecule has 0 saturated heterocycles. The van der Waals surface area contributed by atoms with E-state index in [0.717, 1.165) is 34.6 Å². The monoisotopic (exact) mass is 406 g/mol. The topological polar surface area (TPSA) is 83.9 Å². The molecule has 0 radical (unpaired) electrons. The van der Waals surface area contributed by atoms with E-state index < -0.39 is 0 Å². The highest BCUT2D eigenvalue weighted by Gasteiger charge is 2.14. The first-order valence-electron chi connectivity index (χ1n) is 9.96. The molecule has 0 spiro atoms. The molecule has 0 saturated carbocycles. The lowest BCUT2D eigenvalue weighted by Gasteiger charge is -2.27. The summed E-state index contributed by atoms with van der Waals surface area (Å²) in [6.45, 7) is 6.65.